The lowest BCUT2D eigenvalue weighted by Crippen LogP contribution is -2.26. The predicted octanol–water partition coefficient (Wildman–Crippen LogP) is 4.15. The van der Waals surface area contributed by atoms with Crippen molar-refractivity contribution in [2.45, 2.75) is 19.8 Å². The van der Waals surface area contributed by atoms with Crippen LogP contribution in [0.4, 0.5) is 11.4 Å². The highest BCUT2D eigenvalue weighted by atomic mass is 79.9. The zero-order chi connectivity index (χ0) is 15.5. The number of anilines is 2. The number of fused-ring (bicyclic) bond motifs is 1. The zero-order valence-electron chi connectivity index (χ0n) is 12.6. The second-order valence-electron chi connectivity index (χ2n) is 5.63. The third-order valence-corrected chi connectivity index (χ3v) is 4.92. The van der Waals surface area contributed by atoms with Gasteiger partial charge in [-0.1, -0.05) is 34.1 Å². The maximum Gasteiger partial charge on any atom is 0.226 e. The lowest BCUT2D eigenvalue weighted by Gasteiger charge is -2.19. The number of rotatable bonds is 4. The average molecular weight is 359 g/mol. The minimum absolute atomic E-state index is 0.0612. The molecule has 0 aliphatic carbocycles. The van der Waals surface area contributed by atoms with Gasteiger partial charge in [-0.25, -0.2) is 0 Å². The number of carbonyl (C=O) groups is 1. The molecule has 3 rings (SSSR count). The van der Waals surface area contributed by atoms with Gasteiger partial charge in [0.15, 0.2) is 0 Å². The summed E-state index contributed by atoms with van der Waals surface area (Å²) in [5.41, 5.74) is 4.63. The van der Waals surface area contributed by atoms with Crippen LogP contribution in [0.1, 0.15) is 17.5 Å². The van der Waals surface area contributed by atoms with Crippen LogP contribution in [-0.4, -0.2) is 19.0 Å². The summed E-state index contributed by atoms with van der Waals surface area (Å²) in [6.45, 7) is 3.78. The predicted molar refractivity (Wildman–Crippen MR) is 94.5 cm³/mol. The maximum atomic E-state index is 12.1. The Morgan fingerprint density at radius 3 is 2.91 bits per heavy atom. The third kappa shape index (κ3) is 3.33. The van der Waals surface area contributed by atoms with Crippen molar-refractivity contribution in [3.63, 3.8) is 0 Å². The van der Waals surface area contributed by atoms with Crippen molar-refractivity contribution in [2.24, 2.45) is 0 Å². The highest BCUT2D eigenvalue weighted by Crippen LogP contribution is 2.27. The summed E-state index contributed by atoms with van der Waals surface area (Å²) >= 11 is 3.47. The molecule has 1 aliphatic heterocycles. The molecule has 0 saturated heterocycles. The number of hydrogen-bond donors (Lipinski definition) is 1. The van der Waals surface area contributed by atoms with Gasteiger partial charge in [0.05, 0.1) is 0 Å². The Hall–Kier alpha value is -1.81. The molecule has 3 nitrogen and oxygen atoms in total. The minimum Gasteiger partial charge on any atom is -0.370 e. The van der Waals surface area contributed by atoms with Gasteiger partial charge >= 0.3 is 0 Å². The van der Waals surface area contributed by atoms with Gasteiger partial charge in [-0.15, -0.1) is 0 Å². The summed E-state index contributed by atoms with van der Waals surface area (Å²) < 4.78 is 1.05. The van der Waals surface area contributed by atoms with E-state index in [-0.39, 0.29) is 5.91 Å². The van der Waals surface area contributed by atoms with E-state index in [1.165, 1.54) is 11.3 Å². The molecule has 0 unspecified atom stereocenters. The first kappa shape index (κ1) is 15.1. The number of benzene rings is 2. The fourth-order valence-electron chi connectivity index (χ4n) is 2.82. The Labute approximate surface area is 139 Å². The van der Waals surface area contributed by atoms with Crippen molar-refractivity contribution in [2.75, 3.05) is 23.3 Å². The Morgan fingerprint density at radius 2 is 2.09 bits per heavy atom. The minimum atomic E-state index is 0.0612. The summed E-state index contributed by atoms with van der Waals surface area (Å²) in [5.74, 6) is 0.0612. The first-order valence-electron chi connectivity index (χ1n) is 7.52. The number of aryl methyl sites for hydroxylation is 1. The fraction of sp³-hybridized carbons (Fsp3) is 0.278. The quantitative estimate of drug-likeness (QED) is 0.890. The second-order valence-corrected chi connectivity index (χ2v) is 6.48. The molecule has 0 fully saturated rings. The van der Waals surface area contributed by atoms with Crippen molar-refractivity contribution in [3.05, 3.63) is 58.1 Å². The van der Waals surface area contributed by atoms with Crippen LogP contribution in [0.5, 0.6) is 0 Å². The zero-order valence-corrected chi connectivity index (χ0v) is 14.2. The summed E-state index contributed by atoms with van der Waals surface area (Å²) in [4.78, 5) is 14.4. The number of carbonyl (C=O) groups excluding carboxylic acids is 1. The largest absolute Gasteiger partial charge is 0.370 e. The molecule has 0 bridgehead atoms. The molecule has 0 atom stereocenters. The first-order chi connectivity index (χ1) is 10.6. The van der Waals surface area contributed by atoms with E-state index >= 15 is 0 Å². The molecular weight excluding hydrogens is 340 g/mol. The number of halogens is 1. The van der Waals surface area contributed by atoms with Gasteiger partial charge in [-0.05, 0) is 48.7 Å². The standard InChI is InChI=1S/C18H19BrN2O/c1-13-12-15(6-7-16(13)19)20-18(22)9-11-21-10-8-14-4-2-3-5-17(14)21/h2-7,12H,8-11H2,1H3,(H,20,22). The Kier molecular flexibility index (Phi) is 4.48. The molecule has 2 aromatic rings. The summed E-state index contributed by atoms with van der Waals surface area (Å²) in [5, 5.41) is 2.97. The van der Waals surface area contributed by atoms with E-state index in [1.807, 2.05) is 25.1 Å². The van der Waals surface area contributed by atoms with Gasteiger partial charge in [-0.3, -0.25) is 4.79 Å². The first-order valence-corrected chi connectivity index (χ1v) is 8.31. The summed E-state index contributed by atoms with van der Waals surface area (Å²) in [6, 6.07) is 14.3. The van der Waals surface area contributed by atoms with Crippen LogP contribution >= 0.6 is 15.9 Å². The summed E-state index contributed by atoms with van der Waals surface area (Å²) in [6.07, 6.45) is 1.58. The van der Waals surface area contributed by atoms with Gasteiger partial charge in [0.2, 0.25) is 5.91 Å². The van der Waals surface area contributed by atoms with E-state index in [2.05, 4.69) is 50.4 Å². The molecular formula is C18H19BrN2O. The van der Waals surface area contributed by atoms with Crippen molar-refractivity contribution < 1.29 is 4.79 Å². The fourth-order valence-corrected chi connectivity index (χ4v) is 3.07. The topological polar surface area (TPSA) is 32.3 Å². The Balaban J connectivity index is 1.56. The van der Waals surface area contributed by atoms with Gasteiger partial charge in [0.1, 0.15) is 0 Å². The van der Waals surface area contributed by atoms with E-state index < -0.39 is 0 Å². The lowest BCUT2D eigenvalue weighted by molar-refractivity contribution is -0.116. The van der Waals surface area contributed by atoms with Crippen LogP contribution in [0.25, 0.3) is 0 Å². The van der Waals surface area contributed by atoms with Crippen LogP contribution in [0, 0.1) is 6.92 Å². The van der Waals surface area contributed by atoms with Gasteiger partial charge in [0.25, 0.3) is 0 Å². The van der Waals surface area contributed by atoms with E-state index in [9.17, 15) is 4.79 Å². The van der Waals surface area contributed by atoms with E-state index in [0.29, 0.717) is 6.42 Å². The molecule has 4 heteroatoms. The van der Waals surface area contributed by atoms with Crippen LogP contribution in [0.3, 0.4) is 0 Å². The SMILES string of the molecule is Cc1cc(NC(=O)CCN2CCc3ccccc32)ccc1Br. The molecule has 2 aromatic carbocycles. The molecule has 1 aliphatic rings. The van der Waals surface area contributed by atoms with E-state index in [0.717, 1.165) is 35.2 Å². The van der Waals surface area contributed by atoms with Crippen molar-refractivity contribution in [3.8, 4) is 0 Å². The molecule has 22 heavy (non-hydrogen) atoms. The van der Waals surface area contributed by atoms with Crippen molar-refractivity contribution in [1.82, 2.24) is 0 Å². The number of para-hydroxylation sites is 1. The molecule has 1 N–H and O–H groups in total. The summed E-state index contributed by atoms with van der Waals surface area (Å²) in [7, 11) is 0. The van der Waals surface area contributed by atoms with Crippen molar-refractivity contribution in [1.29, 1.82) is 0 Å². The van der Waals surface area contributed by atoms with Gasteiger partial charge < -0.3 is 10.2 Å². The number of hydrogen-bond acceptors (Lipinski definition) is 2. The van der Waals surface area contributed by atoms with Gasteiger partial charge in [0, 0.05) is 35.4 Å². The maximum absolute atomic E-state index is 12.1. The normalized spacial score (nSPS) is 13.1. The molecule has 0 spiro atoms. The van der Waals surface area contributed by atoms with E-state index in [1.54, 1.807) is 0 Å². The van der Waals surface area contributed by atoms with Crippen molar-refractivity contribution >= 4 is 33.2 Å². The second kappa shape index (κ2) is 6.53. The highest BCUT2D eigenvalue weighted by Gasteiger charge is 2.18. The average Bonchev–Trinajstić information content (AvgIpc) is 2.92. The molecule has 0 saturated carbocycles. The third-order valence-electron chi connectivity index (χ3n) is 4.03. The molecule has 1 amide bonds. The highest BCUT2D eigenvalue weighted by molar-refractivity contribution is 9.10. The van der Waals surface area contributed by atoms with Crippen LogP contribution in [0.2, 0.25) is 0 Å². The number of amides is 1. The molecule has 0 radical (unpaired) electrons. The van der Waals surface area contributed by atoms with E-state index in [4.69, 9.17) is 0 Å². The lowest BCUT2D eigenvalue weighted by atomic mass is 10.2. The van der Waals surface area contributed by atoms with Crippen LogP contribution < -0.4 is 10.2 Å². The smallest absolute Gasteiger partial charge is 0.226 e. The molecule has 114 valence electrons. The number of nitrogens with zero attached hydrogens (tertiary/aromatic N) is 1. The monoisotopic (exact) mass is 358 g/mol. The Morgan fingerprint density at radius 1 is 1.27 bits per heavy atom. The molecule has 0 aromatic heterocycles. The van der Waals surface area contributed by atoms with Gasteiger partial charge in [-0.2, -0.15) is 0 Å². The Bertz CT molecular complexity index is 699. The number of nitrogens with one attached hydrogen (secondary N) is 1. The van der Waals surface area contributed by atoms with Crippen LogP contribution in [0.15, 0.2) is 46.9 Å². The molecule has 1 heterocycles. The van der Waals surface area contributed by atoms with Crippen LogP contribution in [-0.2, 0) is 11.2 Å².